The number of hydrogen-bond acceptors (Lipinski definition) is 4. The van der Waals surface area contributed by atoms with Crippen LogP contribution in [-0.4, -0.2) is 53.2 Å². The van der Waals surface area contributed by atoms with Crippen molar-refractivity contribution in [3.8, 4) is 11.6 Å². The Labute approximate surface area is 136 Å². The summed E-state index contributed by atoms with van der Waals surface area (Å²) < 4.78 is 5.28. The topological polar surface area (TPSA) is 82.3 Å². The molecular formula is C16H24N6O. The van der Waals surface area contributed by atoms with Crippen molar-refractivity contribution in [2.75, 3.05) is 27.2 Å². The Kier molecular flexibility index (Phi) is 6.40. The van der Waals surface area contributed by atoms with Crippen molar-refractivity contribution in [2.45, 2.75) is 19.3 Å². The number of furan rings is 1. The van der Waals surface area contributed by atoms with Crippen molar-refractivity contribution >= 4 is 5.96 Å². The third kappa shape index (κ3) is 4.98. The van der Waals surface area contributed by atoms with Gasteiger partial charge in [0.2, 0.25) is 5.82 Å². The lowest BCUT2D eigenvalue weighted by Gasteiger charge is -2.21. The van der Waals surface area contributed by atoms with Gasteiger partial charge in [-0.2, -0.15) is 5.10 Å². The third-order valence-corrected chi connectivity index (χ3v) is 3.39. The lowest BCUT2D eigenvalue weighted by atomic mass is 10.3. The zero-order valence-electron chi connectivity index (χ0n) is 13.7. The second-order valence-electron chi connectivity index (χ2n) is 5.16. The standard InChI is InChI=1S/C16H24N6O/c1-4-5-6-11-22(3)16(17-2)18-10-9-14-19-15(21-20-14)13-8-7-12-23-13/h4,7-8,12H,1,5-6,9-11H2,2-3H3,(H,17,18)(H,19,20,21). The van der Waals surface area contributed by atoms with E-state index in [9.17, 15) is 0 Å². The molecule has 0 aliphatic carbocycles. The average Bonchev–Trinajstić information content (AvgIpc) is 3.22. The highest BCUT2D eigenvalue weighted by Gasteiger charge is 2.09. The van der Waals surface area contributed by atoms with E-state index in [0.29, 0.717) is 11.6 Å². The van der Waals surface area contributed by atoms with Crippen LogP contribution in [0.15, 0.2) is 40.5 Å². The van der Waals surface area contributed by atoms with Gasteiger partial charge in [0, 0.05) is 33.6 Å². The number of unbranched alkanes of at least 4 members (excludes halogenated alkanes) is 1. The van der Waals surface area contributed by atoms with Crippen LogP contribution >= 0.6 is 0 Å². The van der Waals surface area contributed by atoms with Gasteiger partial charge in [-0.25, -0.2) is 4.98 Å². The van der Waals surface area contributed by atoms with Crippen LogP contribution in [0.3, 0.4) is 0 Å². The number of aromatic amines is 1. The van der Waals surface area contributed by atoms with Gasteiger partial charge in [-0.3, -0.25) is 10.1 Å². The van der Waals surface area contributed by atoms with E-state index in [1.165, 1.54) is 0 Å². The minimum atomic E-state index is 0.580. The molecule has 0 fully saturated rings. The Bertz CT molecular complexity index is 616. The Balaban J connectivity index is 1.78. The molecule has 23 heavy (non-hydrogen) atoms. The summed E-state index contributed by atoms with van der Waals surface area (Å²) in [5.74, 6) is 2.93. The first kappa shape index (κ1) is 16.8. The quantitative estimate of drug-likeness (QED) is 0.337. The van der Waals surface area contributed by atoms with E-state index in [-0.39, 0.29) is 0 Å². The highest BCUT2D eigenvalue weighted by Crippen LogP contribution is 2.14. The van der Waals surface area contributed by atoms with Crippen molar-refractivity contribution in [1.82, 2.24) is 25.4 Å². The number of hydrogen-bond donors (Lipinski definition) is 2. The molecule has 0 aliphatic heterocycles. The Morgan fingerprint density at radius 1 is 1.57 bits per heavy atom. The minimum Gasteiger partial charge on any atom is -0.461 e. The zero-order valence-corrected chi connectivity index (χ0v) is 13.7. The predicted octanol–water partition coefficient (Wildman–Crippen LogP) is 2.08. The van der Waals surface area contributed by atoms with Gasteiger partial charge < -0.3 is 14.6 Å². The molecule has 2 aromatic heterocycles. The average molecular weight is 316 g/mol. The molecule has 0 aromatic carbocycles. The van der Waals surface area contributed by atoms with Crippen molar-refractivity contribution in [3.63, 3.8) is 0 Å². The molecule has 7 heteroatoms. The van der Waals surface area contributed by atoms with Crippen LogP contribution < -0.4 is 5.32 Å². The molecule has 0 spiro atoms. The Hall–Kier alpha value is -2.57. The van der Waals surface area contributed by atoms with Gasteiger partial charge in [0.05, 0.1) is 6.26 Å². The Morgan fingerprint density at radius 3 is 3.13 bits per heavy atom. The molecule has 0 saturated carbocycles. The second-order valence-corrected chi connectivity index (χ2v) is 5.16. The van der Waals surface area contributed by atoms with Crippen LogP contribution in [-0.2, 0) is 6.42 Å². The molecule has 0 unspecified atom stereocenters. The lowest BCUT2D eigenvalue weighted by molar-refractivity contribution is 0.470. The van der Waals surface area contributed by atoms with Crippen LogP contribution in [0.2, 0.25) is 0 Å². The van der Waals surface area contributed by atoms with E-state index in [2.05, 4.69) is 37.0 Å². The number of H-pyrrole nitrogens is 1. The first-order valence-corrected chi connectivity index (χ1v) is 7.72. The summed E-state index contributed by atoms with van der Waals surface area (Å²) in [6.07, 6.45) is 6.35. The van der Waals surface area contributed by atoms with E-state index in [1.807, 2.05) is 25.3 Å². The molecule has 0 radical (unpaired) electrons. The number of rotatable bonds is 8. The van der Waals surface area contributed by atoms with E-state index in [1.54, 1.807) is 13.3 Å². The largest absolute Gasteiger partial charge is 0.461 e. The minimum absolute atomic E-state index is 0.580. The highest BCUT2D eigenvalue weighted by atomic mass is 16.3. The van der Waals surface area contributed by atoms with Crippen LogP contribution in [0, 0.1) is 0 Å². The molecule has 2 rings (SSSR count). The molecule has 2 heterocycles. The van der Waals surface area contributed by atoms with Crippen molar-refractivity contribution in [3.05, 3.63) is 36.9 Å². The molecule has 0 amide bonds. The summed E-state index contributed by atoms with van der Waals surface area (Å²) in [6.45, 7) is 5.41. The van der Waals surface area contributed by atoms with Gasteiger partial charge in [-0.05, 0) is 25.0 Å². The number of aliphatic imine (C=N–C) groups is 1. The smallest absolute Gasteiger partial charge is 0.216 e. The molecule has 2 N–H and O–H groups in total. The maximum atomic E-state index is 5.28. The maximum Gasteiger partial charge on any atom is 0.216 e. The summed E-state index contributed by atoms with van der Waals surface area (Å²) >= 11 is 0. The first-order chi connectivity index (χ1) is 11.2. The van der Waals surface area contributed by atoms with Gasteiger partial charge >= 0.3 is 0 Å². The molecule has 0 aliphatic rings. The third-order valence-electron chi connectivity index (χ3n) is 3.39. The van der Waals surface area contributed by atoms with Gasteiger partial charge in [0.15, 0.2) is 11.7 Å². The van der Waals surface area contributed by atoms with Gasteiger partial charge in [0.1, 0.15) is 5.82 Å². The van der Waals surface area contributed by atoms with Crippen LogP contribution in [0.4, 0.5) is 0 Å². The van der Waals surface area contributed by atoms with Crippen LogP contribution in [0.25, 0.3) is 11.6 Å². The highest BCUT2D eigenvalue weighted by molar-refractivity contribution is 5.79. The summed E-state index contributed by atoms with van der Waals surface area (Å²) in [5, 5.41) is 10.4. The first-order valence-electron chi connectivity index (χ1n) is 7.72. The van der Waals surface area contributed by atoms with E-state index < -0.39 is 0 Å². The molecule has 7 nitrogen and oxygen atoms in total. The van der Waals surface area contributed by atoms with Crippen molar-refractivity contribution in [1.29, 1.82) is 0 Å². The number of aromatic nitrogens is 3. The molecule has 2 aromatic rings. The number of nitrogens with one attached hydrogen (secondary N) is 2. The van der Waals surface area contributed by atoms with E-state index in [4.69, 9.17) is 4.42 Å². The van der Waals surface area contributed by atoms with Crippen molar-refractivity contribution in [2.24, 2.45) is 4.99 Å². The Morgan fingerprint density at radius 2 is 2.43 bits per heavy atom. The van der Waals surface area contributed by atoms with E-state index >= 15 is 0 Å². The maximum absolute atomic E-state index is 5.28. The molecule has 0 atom stereocenters. The number of allylic oxidation sites excluding steroid dienone is 1. The van der Waals surface area contributed by atoms with Crippen LogP contribution in [0.5, 0.6) is 0 Å². The van der Waals surface area contributed by atoms with Crippen molar-refractivity contribution < 1.29 is 4.42 Å². The molecule has 0 saturated heterocycles. The summed E-state index contributed by atoms with van der Waals surface area (Å²) in [7, 11) is 3.82. The number of guanidine groups is 1. The monoisotopic (exact) mass is 316 g/mol. The molecular weight excluding hydrogens is 292 g/mol. The van der Waals surface area contributed by atoms with Gasteiger partial charge in [-0.15, -0.1) is 6.58 Å². The van der Waals surface area contributed by atoms with Crippen LogP contribution in [0.1, 0.15) is 18.7 Å². The SMILES string of the molecule is C=CCCCN(C)C(=NC)NCCc1nc(-c2ccco2)n[nH]1. The van der Waals surface area contributed by atoms with E-state index in [0.717, 1.165) is 44.1 Å². The van der Waals surface area contributed by atoms with Gasteiger partial charge in [-0.1, -0.05) is 6.08 Å². The second kappa shape index (κ2) is 8.77. The predicted molar refractivity (Wildman–Crippen MR) is 91.2 cm³/mol. The molecule has 0 bridgehead atoms. The fraction of sp³-hybridized carbons (Fsp3) is 0.438. The normalized spacial score (nSPS) is 11.5. The zero-order chi connectivity index (χ0) is 16.5. The fourth-order valence-electron chi connectivity index (χ4n) is 2.18. The fourth-order valence-corrected chi connectivity index (χ4v) is 2.18. The lowest BCUT2D eigenvalue weighted by Crippen LogP contribution is -2.40. The summed E-state index contributed by atoms with van der Waals surface area (Å²) in [6, 6.07) is 3.66. The van der Waals surface area contributed by atoms with Gasteiger partial charge in [0.25, 0.3) is 0 Å². The summed E-state index contributed by atoms with van der Waals surface area (Å²) in [4.78, 5) is 10.8. The molecule has 124 valence electrons. The number of nitrogens with zero attached hydrogens (tertiary/aromatic N) is 4. The summed E-state index contributed by atoms with van der Waals surface area (Å²) in [5.41, 5.74) is 0.